The van der Waals surface area contributed by atoms with E-state index in [0.717, 1.165) is 5.69 Å². The maximum atomic E-state index is 11.7. The fourth-order valence-electron chi connectivity index (χ4n) is 2.67. The predicted octanol–water partition coefficient (Wildman–Crippen LogP) is 2.00. The van der Waals surface area contributed by atoms with E-state index in [-0.39, 0.29) is 23.5 Å². The Bertz CT molecular complexity index is 884. The highest BCUT2D eigenvalue weighted by atomic mass is 32.2. The minimum atomic E-state index is -2.95. The average Bonchev–Trinajstić information content (AvgIpc) is 2.94. The summed E-state index contributed by atoms with van der Waals surface area (Å²) in [5.74, 6) is 1.09. The van der Waals surface area contributed by atoms with Gasteiger partial charge in [0.15, 0.2) is 9.84 Å². The van der Waals surface area contributed by atoms with Crippen LogP contribution in [0.4, 0.5) is 17.3 Å². The molecule has 2 heterocycles. The molecule has 1 fully saturated rings. The van der Waals surface area contributed by atoms with Gasteiger partial charge in [-0.05, 0) is 37.6 Å². The minimum Gasteiger partial charge on any atom is -0.462 e. The molecule has 0 spiro atoms. The van der Waals surface area contributed by atoms with Crippen molar-refractivity contribution in [2.24, 2.45) is 0 Å². The number of sulfone groups is 1. The second kappa shape index (κ2) is 7.69. The Kier molecular flexibility index (Phi) is 5.36. The van der Waals surface area contributed by atoms with Crippen LogP contribution >= 0.6 is 0 Å². The van der Waals surface area contributed by atoms with Gasteiger partial charge in [-0.3, -0.25) is 0 Å². The van der Waals surface area contributed by atoms with Crippen molar-refractivity contribution in [3.8, 4) is 0 Å². The van der Waals surface area contributed by atoms with Crippen molar-refractivity contribution >= 4 is 33.1 Å². The molecule has 0 amide bonds. The summed E-state index contributed by atoms with van der Waals surface area (Å²) >= 11 is 0. The van der Waals surface area contributed by atoms with E-state index in [1.165, 1.54) is 6.33 Å². The largest absolute Gasteiger partial charge is 0.462 e. The molecule has 0 radical (unpaired) electrons. The van der Waals surface area contributed by atoms with Crippen LogP contribution in [0.5, 0.6) is 0 Å². The maximum Gasteiger partial charge on any atom is 0.338 e. The number of rotatable bonds is 6. The van der Waals surface area contributed by atoms with Gasteiger partial charge in [-0.25, -0.2) is 23.2 Å². The van der Waals surface area contributed by atoms with Gasteiger partial charge in [0, 0.05) is 17.8 Å². The molecule has 1 aromatic heterocycles. The molecule has 8 nitrogen and oxygen atoms in total. The number of carbonyl (C=O) groups excluding carboxylic acids is 1. The van der Waals surface area contributed by atoms with Gasteiger partial charge in [-0.15, -0.1) is 0 Å². The van der Waals surface area contributed by atoms with Gasteiger partial charge in [0.05, 0.1) is 23.7 Å². The maximum absolute atomic E-state index is 11.7. The van der Waals surface area contributed by atoms with Crippen molar-refractivity contribution in [3.63, 3.8) is 0 Å². The zero-order chi connectivity index (χ0) is 18.6. The summed E-state index contributed by atoms with van der Waals surface area (Å²) in [6, 6.07) is 8.43. The lowest BCUT2D eigenvalue weighted by atomic mass is 10.2. The first-order valence-electron chi connectivity index (χ1n) is 8.28. The van der Waals surface area contributed by atoms with Crippen LogP contribution in [0.25, 0.3) is 0 Å². The number of benzene rings is 1. The van der Waals surface area contributed by atoms with E-state index in [2.05, 4.69) is 20.6 Å². The molecular weight excluding hydrogens is 356 g/mol. The summed E-state index contributed by atoms with van der Waals surface area (Å²) in [6.07, 6.45) is 1.98. The summed E-state index contributed by atoms with van der Waals surface area (Å²) in [5, 5.41) is 6.25. The van der Waals surface area contributed by atoms with Gasteiger partial charge in [-0.2, -0.15) is 0 Å². The first-order valence-corrected chi connectivity index (χ1v) is 10.1. The second-order valence-corrected chi connectivity index (χ2v) is 8.18. The third-order valence-electron chi connectivity index (χ3n) is 3.92. The van der Waals surface area contributed by atoms with Gasteiger partial charge in [0.1, 0.15) is 18.0 Å². The first-order chi connectivity index (χ1) is 12.4. The Balaban J connectivity index is 1.64. The molecular formula is C17H20N4O4S. The Labute approximate surface area is 151 Å². The highest BCUT2D eigenvalue weighted by molar-refractivity contribution is 7.91. The van der Waals surface area contributed by atoms with Crippen LogP contribution in [0, 0.1) is 0 Å². The highest BCUT2D eigenvalue weighted by Crippen LogP contribution is 2.20. The number of nitrogens with one attached hydrogen (secondary N) is 2. The van der Waals surface area contributed by atoms with Gasteiger partial charge in [-0.1, -0.05) is 0 Å². The number of esters is 1. The topological polar surface area (TPSA) is 110 Å². The summed E-state index contributed by atoms with van der Waals surface area (Å²) in [5.41, 5.74) is 1.23. The molecule has 2 aromatic rings. The molecule has 26 heavy (non-hydrogen) atoms. The van der Waals surface area contributed by atoms with E-state index in [1.54, 1.807) is 37.3 Å². The summed E-state index contributed by atoms with van der Waals surface area (Å²) in [6.45, 7) is 2.09. The van der Waals surface area contributed by atoms with Crippen LogP contribution < -0.4 is 10.6 Å². The summed E-state index contributed by atoms with van der Waals surface area (Å²) < 4.78 is 28.0. The number of carbonyl (C=O) groups is 1. The van der Waals surface area contributed by atoms with Crippen molar-refractivity contribution < 1.29 is 17.9 Å². The quantitative estimate of drug-likeness (QED) is 0.737. The molecule has 1 aliphatic rings. The van der Waals surface area contributed by atoms with Gasteiger partial charge in [0.2, 0.25) is 0 Å². The molecule has 9 heteroatoms. The van der Waals surface area contributed by atoms with Crippen LogP contribution in [0.2, 0.25) is 0 Å². The van der Waals surface area contributed by atoms with Crippen LogP contribution in [0.15, 0.2) is 36.7 Å². The van der Waals surface area contributed by atoms with E-state index in [4.69, 9.17) is 4.74 Å². The van der Waals surface area contributed by atoms with E-state index in [9.17, 15) is 13.2 Å². The van der Waals surface area contributed by atoms with Crippen molar-refractivity contribution in [2.45, 2.75) is 19.4 Å². The normalized spacial score (nSPS) is 18.3. The van der Waals surface area contributed by atoms with Gasteiger partial charge in [0.25, 0.3) is 0 Å². The highest BCUT2D eigenvalue weighted by Gasteiger charge is 2.27. The molecule has 3 rings (SSSR count). The molecule has 1 unspecified atom stereocenters. The number of nitrogens with zero attached hydrogens (tertiary/aromatic N) is 2. The van der Waals surface area contributed by atoms with E-state index in [1.807, 2.05) is 0 Å². The SMILES string of the molecule is CCOC(=O)c1ccc(Nc2cc(NC3CCS(=O)(=O)C3)ncn2)cc1. The number of ether oxygens (including phenoxy) is 1. The molecule has 0 saturated carbocycles. The standard InChI is InChI=1S/C17H20N4O4S/c1-2-25-17(22)12-3-5-13(6-4-12)20-15-9-16(19-11-18-15)21-14-7-8-26(23,24)10-14/h3-6,9,11,14H,2,7-8,10H2,1H3,(H2,18,19,20,21). The lowest BCUT2D eigenvalue weighted by Gasteiger charge is -2.12. The molecule has 0 bridgehead atoms. The molecule has 1 atom stereocenters. The van der Waals surface area contributed by atoms with Crippen LogP contribution in [0.1, 0.15) is 23.7 Å². The van der Waals surface area contributed by atoms with Gasteiger partial charge >= 0.3 is 5.97 Å². The number of anilines is 3. The Hall–Kier alpha value is -2.68. The Morgan fingerprint density at radius 1 is 1.23 bits per heavy atom. The van der Waals surface area contributed by atoms with E-state index < -0.39 is 9.84 Å². The van der Waals surface area contributed by atoms with Crippen molar-refractivity contribution in [1.82, 2.24) is 9.97 Å². The Morgan fingerprint density at radius 3 is 2.62 bits per heavy atom. The first kappa shape index (κ1) is 18.1. The molecule has 138 valence electrons. The fraction of sp³-hybridized carbons (Fsp3) is 0.353. The van der Waals surface area contributed by atoms with E-state index in [0.29, 0.717) is 30.2 Å². The van der Waals surface area contributed by atoms with Crippen LogP contribution in [-0.2, 0) is 14.6 Å². The predicted molar refractivity (Wildman–Crippen MR) is 98.4 cm³/mol. The van der Waals surface area contributed by atoms with Crippen LogP contribution in [-0.4, -0.2) is 48.5 Å². The summed E-state index contributed by atoms with van der Waals surface area (Å²) in [7, 11) is -2.95. The third kappa shape index (κ3) is 4.69. The van der Waals surface area contributed by atoms with Crippen molar-refractivity contribution in [3.05, 3.63) is 42.2 Å². The molecule has 1 aliphatic heterocycles. The molecule has 0 aliphatic carbocycles. The lowest BCUT2D eigenvalue weighted by Crippen LogP contribution is -2.21. The van der Waals surface area contributed by atoms with Crippen molar-refractivity contribution in [1.29, 1.82) is 0 Å². The summed E-state index contributed by atoms with van der Waals surface area (Å²) in [4.78, 5) is 19.9. The zero-order valence-electron chi connectivity index (χ0n) is 14.3. The minimum absolute atomic E-state index is 0.120. The number of hydrogen-bond donors (Lipinski definition) is 2. The van der Waals surface area contributed by atoms with E-state index >= 15 is 0 Å². The Morgan fingerprint density at radius 2 is 1.96 bits per heavy atom. The molecule has 1 saturated heterocycles. The number of hydrogen-bond acceptors (Lipinski definition) is 8. The monoisotopic (exact) mass is 376 g/mol. The smallest absolute Gasteiger partial charge is 0.338 e. The third-order valence-corrected chi connectivity index (χ3v) is 5.69. The van der Waals surface area contributed by atoms with Gasteiger partial charge < -0.3 is 15.4 Å². The fourth-order valence-corrected chi connectivity index (χ4v) is 4.35. The average molecular weight is 376 g/mol. The van der Waals surface area contributed by atoms with Crippen molar-refractivity contribution in [2.75, 3.05) is 28.7 Å². The van der Waals surface area contributed by atoms with Crippen LogP contribution in [0.3, 0.4) is 0 Å². The zero-order valence-corrected chi connectivity index (χ0v) is 15.1. The number of aromatic nitrogens is 2. The second-order valence-electron chi connectivity index (χ2n) is 5.96. The molecule has 1 aromatic carbocycles. The lowest BCUT2D eigenvalue weighted by molar-refractivity contribution is 0.0526. The molecule has 2 N–H and O–H groups in total.